The molecule has 6 heteroatoms. The normalized spacial score (nSPS) is 15.6. The molecule has 0 heterocycles. The maximum Gasteiger partial charge on any atom is 0.151 e. The van der Waals surface area contributed by atoms with Crippen LogP contribution in [0.4, 0.5) is 0 Å². The molecule has 30 heavy (non-hydrogen) atoms. The fourth-order valence-electron chi connectivity index (χ4n) is 3.48. The second-order valence-corrected chi connectivity index (χ2v) is 8.29. The maximum atomic E-state index is 11.6. The summed E-state index contributed by atoms with van der Waals surface area (Å²) < 4.78 is 11.4. The standard InChI is InChI=1S/C24H48O6/c1-3-5-7-9-11-12-14-15-17-29-22(20-26)24(23(28)21(27)19-25)30-18-16-13-10-8-6-4-2/h20-25,27-28H,3-19H2,1-2H3/t21-,22+,23-,24-/m1/s1. The van der Waals surface area contributed by atoms with Crippen LogP contribution in [0.15, 0.2) is 0 Å². The van der Waals surface area contributed by atoms with E-state index in [0.717, 1.165) is 38.5 Å². The van der Waals surface area contributed by atoms with Gasteiger partial charge >= 0.3 is 0 Å². The molecule has 0 aromatic carbocycles. The number of unbranched alkanes of at least 4 members (excludes halogenated alkanes) is 12. The minimum atomic E-state index is -1.37. The number of ether oxygens (including phenoxy) is 2. The molecule has 3 N–H and O–H groups in total. The summed E-state index contributed by atoms with van der Waals surface area (Å²) in [4.78, 5) is 11.6. The van der Waals surface area contributed by atoms with Crippen molar-refractivity contribution in [2.24, 2.45) is 0 Å². The van der Waals surface area contributed by atoms with E-state index in [1.807, 2.05) is 0 Å². The molecule has 0 aromatic heterocycles. The number of aliphatic hydroxyl groups excluding tert-OH is 3. The van der Waals surface area contributed by atoms with Crippen LogP contribution in [0.3, 0.4) is 0 Å². The molecule has 0 aliphatic heterocycles. The summed E-state index contributed by atoms with van der Waals surface area (Å²) in [5.74, 6) is 0. The quantitative estimate of drug-likeness (QED) is 0.166. The minimum absolute atomic E-state index is 0.386. The van der Waals surface area contributed by atoms with Crippen molar-refractivity contribution in [2.75, 3.05) is 19.8 Å². The van der Waals surface area contributed by atoms with Gasteiger partial charge in [-0.25, -0.2) is 0 Å². The Labute approximate surface area is 184 Å². The third-order valence-corrected chi connectivity index (χ3v) is 5.49. The van der Waals surface area contributed by atoms with E-state index < -0.39 is 31.0 Å². The molecule has 0 unspecified atom stereocenters. The molecule has 0 aromatic rings. The van der Waals surface area contributed by atoms with E-state index in [-0.39, 0.29) is 0 Å². The fraction of sp³-hybridized carbons (Fsp3) is 0.958. The third kappa shape index (κ3) is 15.3. The van der Waals surface area contributed by atoms with Crippen molar-refractivity contribution in [3.8, 4) is 0 Å². The molecule has 0 fully saturated rings. The van der Waals surface area contributed by atoms with Gasteiger partial charge in [0, 0.05) is 13.2 Å². The van der Waals surface area contributed by atoms with Crippen LogP contribution in [-0.2, 0) is 14.3 Å². The highest BCUT2D eigenvalue weighted by Gasteiger charge is 2.34. The van der Waals surface area contributed by atoms with E-state index >= 15 is 0 Å². The predicted molar refractivity (Wildman–Crippen MR) is 121 cm³/mol. The predicted octanol–water partition coefficient (Wildman–Crippen LogP) is 4.17. The summed E-state index contributed by atoms with van der Waals surface area (Å²) in [6.07, 6.45) is 11.9. The van der Waals surface area contributed by atoms with E-state index in [1.54, 1.807) is 0 Å². The van der Waals surface area contributed by atoms with E-state index in [9.17, 15) is 15.0 Å². The van der Waals surface area contributed by atoms with Gasteiger partial charge in [-0.3, -0.25) is 0 Å². The summed E-state index contributed by atoms with van der Waals surface area (Å²) in [5, 5.41) is 29.3. The van der Waals surface area contributed by atoms with Gasteiger partial charge < -0.3 is 29.6 Å². The topological polar surface area (TPSA) is 96.2 Å². The molecule has 0 amide bonds. The van der Waals surface area contributed by atoms with Gasteiger partial charge in [0.05, 0.1) is 6.61 Å². The second-order valence-electron chi connectivity index (χ2n) is 8.29. The zero-order valence-corrected chi connectivity index (χ0v) is 19.5. The monoisotopic (exact) mass is 432 g/mol. The minimum Gasteiger partial charge on any atom is -0.394 e. The number of carbonyl (C=O) groups excluding carboxylic acids is 1. The molecule has 0 radical (unpaired) electrons. The Morgan fingerprint density at radius 3 is 1.57 bits per heavy atom. The third-order valence-electron chi connectivity index (χ3n) is 5.49. The Balaban J connectivity index is 4.29. The Morgan fingerprint density at radius 1 is 0.700 bits per heavy atom. The van der Waals surface area contributed by atoms with Gasteiger partial charge in [-0.1, -0.05) is 90.9 Å². The van der Waals surface area contributed by atoms with Crippen LogP contribution in [-0.4, -0.2) is 65.8 Å². The van der Waals surface area contributed by atoms with Crippen LogP contribution in [0.25, 0.3) is 0 Å². The van der Waals surface area contributed by atoms with E-state index in [1.165, 1.54) is 51.4 Å². The zero-order valence-electron chi connectivity index (χ0n) is 19.5. The highest BCUT2D eigenvalue weighted by molar-refractivity contribution is 5.57. The molecule has 0 bridgehead atoms. The Hall–Kier alpha value is -0.530. The highest BCUT2D eigenvalue weighted by atomic mass is 16.6. The Kier molecular flexibility index (Phi) is 21.3. The molecule has 0 saturated heterocycles. The Morgan fingerprint density at radius 2 is 1.13 bits per heavy atom. The smallest absolute Gasteiger partial charge is 0.151 e. The van der Waals surface area contributed by atoms with Crippen LogP contribution in [0.1, 0.15) is 104 Å². The molecule has 0 spiro atoms. The summed E-state index contributed by atoms with van der Waals surface area (Å²) in [6, 6.07) is 0. The fourth-order valence-corrected chi connectivity index (χ4v) is 3.48. The van der Waals surface area contributed by atoms with Crippen LogP contribution >= 0.6 is 0 Å². The van der Waals surface area contributed by atoms with Gasteiger partial charge in [0.25, 0.3) is 0 Å². The van der Waals surface area contributed by atoms with Gasteiger partial charge in [0.15, 0.2) is 6.29 Å². The van der Waals surface area contributed by atoms with Gasteiger partial charge in [-0.2, -0.15) is 0 Å². The highest BCUT2D eigenvalue weighted by Crippen LogP contribution is 2.15. The van der Waals surface area contributed by atoms with Crippen molar-refractivity contribution in [1.29, 1.82) is 0 Å². The first-order valence-electron chi connectivity index (χ1n) is 12.3. The summed E-state index contributed by atoms with van der Waals surface area (Å²) in [7, 11) is 0. The number of hydrogen-bond acceptors (Lipinski definition) is 6. The van der Waals surface area contributed by atoms with E-state index in [4.69, 9.17) is 14.6 Å². The van der Waals surface area contributed by atoms with Crippen molar-refractivity contribution in [1.82, 2.24) is 0 Å². The van der Waals surface area contributed by atoms with Gasteiger partial charge in [-0.05, 0) is 12.8 Å². The average Bonchev–Trinajstić information content (AvgIpc) is 2.76. The number of hydrogen-bond donors (Lipinski definition) is 3. The average molecular weight is 433 g/mol. The second kappa shape index (κ2) is 21.7. The molecular weight excluding hydrogens is 384 g/mol. The molecule has 6 nitrogen and oxygen atoms in total. The lowest BCUT2D eigenvalue weighted by molar-refractivity contribution is -0.160. The molecule has 0 rings (SSSR count). The Bertz CT molecular complexity index is 366. The van der Waals surface area contributed by atoms with Crippen LogP contribution in [0, 0.1) is 0 Å². The van der Waals surface area contributed by atoms with Crippen molar-refractivity contribution < 1.29 is 29.6 Å². The lowest BCUT2D eigenvalue weighted by Gasteiger charge is -2.30. The molecule has 4 atom stereocenters. The summed E-state index contributed by atoms with van der Waals surface area (Å²) >= 11 is 0. The molecule has 0 aliphatic carbocycles. The molecule has 0 aliphatic rings. The number of rotatable bonds is 23. The van der Waals surface area contributed by atoms with Crippen LogP contribution in [0.2, 0.25) is 0 Å². The first kappa shape index (κ1) is 29.5. The first-order valence-corrected chi connectivity index (χ1v) is 12.3. The molecular formula is C24H48O6. The maximum absolute atomic E-state index is 11.6. The summed E-state index contributed by atoms with van der Waals surface area (Å²) in [5.41, 5.74) is 0. The molecule has 0 saturated carbocycles. The number of aldehydes is 1. The van der Waals surface area contributed by atoms with Gasteiger partial charge in [-0.15, -0.1) is 0 Å². The van der Waals surface area contributed by atoms with Crippen LogP contribution in [0.5, 0.6) is 0 Å². The largest absolute Gasteiger partial charge is 0.394 e. The zero-order chi connectivity index (χ0) is 22.5. The van der Waals surface area contributed by atoms with Crippen molar-refractivity contribution >= 4 is 6.29 Å². The van der Waals surface area contributed by atoms with Crippen molar-refractivity contribution in [2.45, 2.75) is 128 Å². The molecule has 180 valence electrons. The SMILES string of the molecule is CCCCCCCCCCO[C@@H](C=O)[C@@H](OCCCCCCCC)[C@H](O)[C@H](O)CO. The van der Waals surface area contributed by atoms with Crippen molar-refractivity contribution in [3.05, 3.63) is 0 Å². The van der Waals surface area contributed by atoms with Gasteiger partial charge in [0.2, 0.25) is 0 Å². The lowest BCUT2D eigenvalue weighted by atomic mass is 10.0. The van der Waals surface area contributed by atoms with E-state index in [0.29, 0.717) is 19.5 Å². The van der Waals surface area contributed by atoms with E-state index in [2.05, 4.69) is 13.8 Å². The summed E-state index contributed by atoms with van der Waals surface area (Å²) in [6.45, 7) is 4.59. The van der Waals surface area contributed by atoms with Crippen LogP contribution < -0.4 is 0 Å². The number of carbonyl (C=O) groups is 1. The first-order chi connectivity index (χ1) is 14.6. The number of aliphatic hydroxyl groups is 3. The lowest BCUT2D eigenvalue weighted by Crippen LogP contribution is -2.49. The van der Waals surface area contributed by atoms with Crippen molar-refractivity contribution in [3.63, 3.8) is 0 Å². The van der Waals surface area contributed by atoms with Gasteiger partial charge in [0.1, 0.15) is 24.4 Å².